The van der Waals surface area contributed by atoms with E-state index in [1.807, 2.05) is 18.5 Å². The number of rotatable bonds is 8. The largest absolute Gasteiger partial charge is 0.352 e. The van der Waals surface area contributed by atoms with Crippen LogP contribution in [0.15, 0.2) is 24.3 Å². The third kappa shape index (κ3) is 5.56. The Bertz CT molecular complexity index is 828. The number of anilines is 1. The van der Waals surface area contributed by atoms with E-state index in [4.69, 9.17) is 0 Å². The summed E-state index contributed by atoms with van der Waals surface area (Å²) in [5.74, 6) is 1.39. The van der Waals surface area contributed by atoms with E-state index in [0.717, 1.165) is 18.1 Å². The number of hydrogen-bond acceptors (Lipinski definition) is 5. The van der Waals surface area contributed by atoms with Crippen molar-refractivity contribution in [1.29, 1.82) is 0 Å². The number of hydrogen-bond donors (Lipinski definition) is 2. The molecule has 2 N–H and O–H groups in total. The summed E-state index contributed by atoms with van der Waals surface area (Å²) in [7, 11) is -3.32. The molecule has 1 aromatic heterocycles. The lowest BCUT2D eigenvalue weighted by Gasteiger charge is -2.08. The molecule has 0 saturated carbocycles. The second-order valence-electron chi connectivity index (χ2n) is 5.62. The molecule has 0 radical (unpaired) electrons. The maximum atomic E-state index is 12.1. The Balaban J connectivity index is 1.81. The zero-order valence-electron chi connectivity index (χ0n) is 14.6. The molecule has 0 aliphatic heterocycles. The summed E-state index contributed by atoms with van der Waals surface area (Å²) in [5, 5.41) is 7.10. The first-order chi connectivity index (χ1) is 11.8. The lowest BCUT2D eigenvalue weighted by atomic mass is 10.2. The molecule has 2 rings (SSSR count). The van der Waals surface area contributed by atoms with Crippen LogP contribution in [0.25, 0.3) is 0 Å². The van der Waals surface area contributed by atoms with Crippen molar-refractivity contribution in [2.75, 3.05) is 17.0 Å². The first-order valence-corrected chi connectivity index (χ1v) is 9.73. The van der Waals surface area contributed by atoms with Crippen molar-refractivity contribution in [2.24, 2.45) is 0 Å². The summed E-state index contributed by atoms with van der Waals surface area (Å²) < 4.78 is 27.3. The van der Waals surface area contributed by atoms with Crippen LogP contribution in [0, 0.1) is 13.8 Å². The first-order valence-electron chi connectivity index (χ1n) is 8.07. The molecule has 8 nitrogen and oxygen atoms in total. The molecule has 2 aromatic rings. The SMILES string of the molecule is CCS(=O)(=O)Nc1ccc(C(=O)NCCCn2nc(C)nc2C)cc1. The second-order valence-corrected chi connectivity index (χ2v) is 7.63. The summed E-state index contributed by atoms with van der Waals surface area (Å²) in [4.78, 5) is 16.3. The predicted molar refractivity (Wildman–Crippen MR) is 96.0 cm³/mol. The van der Waals surface area contributed by atoms with Crippen molar-refractivity contribution in [3.8, 4) is 0 Å². The molecule has 0 fully saturated rings. The molecule has 25 heavy (non-hydrogen) atoms. The molecular weight excluding hydrogens is 342 g/mol. The highest BCUT2D eigenvalue weighted by molar-refractivity contribution is 7.92. The minimum absolute atomic E-state index is 0.00000838. The molecule has 1 heterocycles. The Morgan fingerprint density at radius 1 is 1.20 bits per heavy atom. The van der Waals surface area contributed by atoms with E-state index in [0.29, 0.717) is 24.3 Å². The van der Waals surface area contributed by atoms with E-state index in [2.05, 4.69) is 20.1 Å². The Morgan fingerprint density at radius 3 is 2.44 bits per heavy atom. The van der Waals surface area contributed by atoms with Crippen molar-refractivity contribution in [1.82, 2.24) is 20.1 Å². The monoisotopic (exact) mass is 365 g/mol. The minimum atomic E-state index is -3.32. The van der Waals surface area contributed by atoms with Crippen LogP contribution in [-0.4, -0.2) is 41.4 Å². The summed E-state index contributed by atoms with van der Waals surface area (Å²) in [5.41, 5.74) is 0.919. The molecular formula is C16H23N5O3S. The number of carbonyl (C=O) groups is 1. The maximum Gasteiger partial charge on any atom is 0.251 e. The van der Waals surface area contributed by atoms with Crippen LogP contribution < -0.4 is 10.0 Å². The summed E-state index contributed by atoms with van der Waals surface area (Å²) >= 11 is 0. The Morgan fingerprint density at radius 2 is 1.88 bits per heavy atom. The van der Waals surface area contributed by atoms with E-state index in [1.165, 1.54) is 0 Å². The topological polar surface area (TPSA) is 106 Å². The van der Waals surface area contributed by atoms with Gasteiger partial charge in [-0.1, -0.05) is 0 Å². The number of aromatic nitrogens is 3. The van der Waals surface area contributed by atoms with Gasteiger partial charge in [0.25, 0.3) is 5.91 Å². The summed E-state index contributed by atoms with van der Waals surface area (Å²) in [6, 6.07) is 6.33. The van der Waals surface area contributed by atoms with Crippen molar-refractivity contribution in [2.45, 2.75) is 33.7 Å². The van der Waals surface area contributed by atoms with Gasteiger partial charge >= 0.3 is 0 Å². The lowest BCUT2D eigenvalue weighted by molar-refractivity contribution is 0.0952. The molecule has 0 aliphatic carbocycles. The molecule has 0 bridgehead atoms. The fourth-order valence-electron chi connectivity index (χ4n) is 2.25. The number of nitrogens with zero attached hydrogens (tertiary/aromatic N) is 3. The fourth-order valence-corrected chi connectivity index (χ4v) is 2.89. The molecule has 9 heteroatoms. The highest BCUT2D eigenvalue weighted by Gasteiger charge is 2.09. The summed E-state index contributed by atoms with van der Waals surface area (Å²) in [6.07, 6.45) is 0.740. The maximum absolute atomic E-state index is 12.1. The molecule has 0 aliphatic rings. The quantitative estimate of drug-likeness (QED) is 0.689. The van der Waals surface area contributed by atoms with Gasteiger partial charge in [0, 0.05) is 24.3 Å². The van der Waals surface area contributed by atoms with Crippen molar-refractivity contribution in [3.63, 3.8) is 0 Å². The summed E-state index contributed by atoms with van der Waals surface area (Å²) in [6.45, 7) is 6.50. The van der Waals surface area contributed by atoms with Gasteiger partial charge in [0.15, 0.2) is 0 Å². The van der Waals surface area contributed by atoms with Crippen LogP contribution in [-0.2, 0) is 16.6 Å². The van der Waals surface area contributed by atoms with Gasteiger partial charge in [0.05, 0.1) is 5.75 Å². The van der Waals surface area contributed by atoms with Gasteiger partial charge in [0.1, 0.15) is 11.6 Å². The zero-order chi connectivity index (χ0) is 18.4. The highest BCUT2D eigenvalue weighted by Crippen LogP contribution is 2.11. The average molecular weight is 365 g/mol. The third-order valence-corrected chi connectivity index (χ3v) is 4.90. The fraction of sp³-hybridized carbons (Fsp3) is 0.438. The van der Waals surface area contributed by atoms with E-state index >= 15 is 0 Å². The number of aryl methyl sites for hydroxylation is 3. The molecule has 1 amide bonds. The van der Waals surface area contributed by atoms with Gasteiger partial charge in [-0.15, -0.1) is 0 Å². The van der Waals surface area contributed by atoms with Gasteiger partial charge in [-0.25, -0.2) is 13.4 Å². The van der Waals surface area contributed by atoms with Gasteiger partial charge in [-0.05, 0) is 51.5 Å². The van der Waals surface area contributed by atoms with Crippen molar-refractivity contribution < 1.29 is 13.2 Å². The first kappa shape index (κ1) is 18.9. The molecule has 136 valence electrons. The van der Waals surface area contributed by atoms with Crippen molar-refractivity contribution >= 4 is 21.6 Å². The van der Waals surface area contributed by atoms with Gasteiger partial charge in [-0.2, -0.15) is 5.10 Å². The zero-order valence-corrected chi connectivity index (χ0v) is 15.4. The molecule has 0 unspecified atom stereocenters. The number of nitrogens with one attached hydrogen (secondary N) is 2. The minimum Gasteiger partial charge on any atom is -0.352 e. The van der Waals surface area contributed by atoms with Gasteiger partial charge in [0.2, 0.25) is 10.0 Å². The van der Waals surface area contributed by atoms with E-state index in [-0.39, 0.29) is 11.7 Å². The number of benzene rings is 1. The normalized spacial score (nSPS) is 11.3. The predicted octanol–water partition coefficient (Wildman–Crippen LogP) is 1.48. The van der Waals surface area contributed by atoms with Crippen LogP contribution in [0.2, 0.25) is 0 Å². The Labute approximate surface area is 147 Å². The molecule has 0 spiro atoms. The molecule has 0 saturated heterocycles. The second kappa shape index (κ2) is 8.11. The van der Waals surface area contributed by atoms with Crippen LogP contribution in [0.5, 0.6) is 0 Å². The van der Waals surface area contributed by atoms with E-state index in [9.17, 15) is 13.2 Å². The van der Waals surface area contributed by atoms with E-state index in [1.54, 1.807) is 31.2 Å². The Kier molecular flexibility index (Phi) is 6.13. The molecule has 0 atom stereocenters. The number of carbonyl (C=O) groups excluding carboxylic acids is 1. The van der Waals surface area contributed by atoms with Crippen LogP contribution in [0.1, 0.15) is 35.4 Å². The van der Waals surface area contributed by atoms with Gasteiger partial charge < -0.3 is 5.32 Å². The van der Waals surface area contributed by atoms with Crippen LogP contribution >= 0.6 is 0 Å². The standard InChI is InChI=1S/C16H23N5O3S/c1-4-25(23,24)20-15-8-6-14(7-9-15)16(22)17-10-5-11-21-13(3)18-12(2)19-21/h6-9,20H,4-5,10-11H2,1-3H3,(H,17,22). The number of sulfonamides is 1. The smallest absolute Gasteiger partial charge is 0.251 e. The van der Waals surface area contributed by atoms with Crippen molar-refractivity contribution in [3.05, 3.63) is 41.5 Å². The van der Waals surface area contributed by atoms with Crippen LogP contribution in [0.4, 0.5) is 5.69 Å². The number of amides is 1. The lowest BCUT2D eigenvalue weighted by Crippen LogP contribution is -2.25. The van der Waals surface area contributed by atoms with Gasteiger partial charge in [-0.3, -0.25) is 14.2 Å². The average Bonchev–Trinajstić information content (AvgIpc) is 2.89. The van der Waals surface area contributed by atoms with Crippen LogP contribution in [0.3, 0.4) is 0 Å². The van der Waals surface area contributed by atoms with E-state index < -0.39 is 10.0 Å². The highest BCUT2D eigenvalue weighted by atomic mass is 32.2. The Hall–Kier alpha value is -2.42. The third-order valence-electron chi connectivity index (χ3n) is 3.60. The molecule has 1 aromatic carbocycles.